The number of pyridine rings is 2. The summed E-state index contributed by atoms with van der Waals surface area (Å²) in [5.41, 5.74) is 1.79. The highest BCUT2D eigenvalue weighted by Gasteiger charge is 2.31. The molecule has 1 N–H and O–H groups in total. The predicted octanol–water partition coefficient (Wildman–Crippen LogP) is 5.90. The molecule has 3 heterocycles. The lowest BCUT2D eigenvalue weighted by atomic mass is 10.1. The van der Waals surface area contributed by atoms with Crippen LogP contribution in [-0.4, -0.2) is 54.2 Å². The number of aromatic nitrogens is 2. The normalized spacial score (nSPS) is 14.6. The Hall–Kier alpha value is -3.85. The zero-order valence-electron chi connectivity index (χ0n) is 20.5. The highest BCUT2D eigenvalue weighted by molar-refractivity contribution is 5.93. The Bertz CT molecular complexity index is 1360. The molecule has 5 rings (SSSR count). The number of nitrogens with zero attached hydrogens (tertiary/aromatic N) is 4. The zero-order valence-corrected chi connectivity index (χ0v) is 20.5. The second-order valence-electron chi connectivity index (χ2n) is 9.06. The number of alkyl halides is 3. The van der Waals surface area contributed by atoms with E-state index in [-0.39, 0.29) is 5.75 Å². The average Bonchev–Trinajstić information content (AvgIpc) is 2.89. The lowest BCUT2D eigenvalue weighted by Gasteiger charge is -2.35. The quantitative estimate of drug-likeness (QED) is 0.336. The maximum Gasteiger partial charge on any atom is 0.416 e. The van der Waals surface area contributed by atoms with Crippen molar-refractivity contribution in [1.82, 2.24) is 14.9 Å². The van der Waals surface area contributed by atoms with Gasteiger partial charge in [0, 0.05) is 67.4 Å². The molecular weight excluding hydrogens is 479 g/mol. The SMILES string of the molecule is Cc1cc(Nc2cc(OCCN3CCN(c4ccccn4)CC3)cc(C(F)(F)F)c2)c2ccccc2n1. The van der Waals surface area contributed by atoms with Gasteiger partial charge in [-0.2, -0.15) is 13.2 Å². The third kappa shape index (κ3) is 6.11. The number of anilines is 3. The van der Waals surface area contributed by atoms with Crippen molar-refractivity contribution in [1.29, 1.82) is 0 Å². The first-order chi connectivity index (χ1) is 17.8. The van der Waals surface area contributed by atoms with E-state index in [0.29, 0.717) is 24.5 Å². The van der Waals surface area contributed by atoms with Gasteiger partial charge in [0.1, 0.15) is 18.2 Å². The molecule has 192 valence electrons. The molecule has 0 radical (unpaired) electrons. The van der Waals surface area contributed by atoms with Crippen molar-refractivity contribution < 1.29 is 17.9 Å². The molecule has 4 aromatic rings. The van der Waals surface area contributed by atoms with Crippen LogP contribution in [0.4, 0.5) is 30.4 Å². The van der Waals surface area contributed by atoms with Gasteiger partial charge in [-0.15, -0.1) is 0 Å². The minimum Gasteiger partial charge on any atom is -0.492 e. The summed E-state index contributed by atoms with van der Waals surface area (Å²) >= 11 is 0. The van der Waals surface area contributed by atoms with Gasteiger partial charge in [-0.25, -0.2) is 4.98 Å². The second-order valence-corrected chi connectivity index (χ2v) is 9.06. The highest BCUT2D eigenvalue weighted by Crippen LogP contribution is 2.36. The Morgan fingerprint density at radius 3 is 2.49 bits per heavy atom. The van der Waals surface area contributed by atoms with E-state index >= 15 is 0 Å². The van der Waals surface area contributed by atoms with Crippen LogP contribution in [0.15, 0.2) is 72.9 Å². The summed E-state index contributed by atoms with van der Waals surface area (Å²) in [7, 11) is 0. The number of benzene rings is 2. The topological polar surface area (TPSA) is 53.5 Å². The Kier molecular flexibility index (Phi) is 7.14. The summed E-state index contributed by atoms with van der Waals surface area (Å²) in [6.07, 6.45) is -2.71. The van der Waals surface area contributed by atoms with Crippen LogP contribution in [0.3, 0.4) is 0 Å². The van der Waals surface area contributed by atoms with Gasteiger partial charge in [0.05, 0.1) is 11.1 Å². The fourth-order valence-corrected chi connectivity index (χ4v) is 4.52. The van der Waals surface area contributed by atoms with E-state index in [9.17, 15) is 13.2 Å². The summed E-state index contributed by atoms with van der Waals surface area (Å²) in [5.74, 6) is 1.14. The fraction of sp³-hybridized carbons (Fsp3) is 0.286. The van der Waals surface area contributed by atoms with Gasteiger partial charge in [-0.1, -0.05) is 24.3 Å². The Labute approximate surface area is 213 Å². The summed E-state index contributed by atoms with van der Waals surface area (Å²) in [6.45, 7) is 6.13. The van der Waals surface area contributed by atoms with Crippen molar-refractivity contribution in [2.45, 2.75) is 13.1 Å². The number of fused-ring (bicyclic) bond motifs is 1. The average molecular weight is 508 g/mol. The standard InChI is InChI=1S/C28H28F3N5O/c1-20-16-26(24-6-2-3-7-25(24)33-20)34-22-17-21(28(29,30)31)18-23(19-22)37-15-14-35-10-12-36(13-11-35)27-8-4-5-9-32-27/h2-9,16-19H,10-15H2,1H3,(H,33,34). The molecule has 1 fully saturated rings. The molecular formula is C28H28F3N5O. The molecule has 0 spiro atoms. The van der Waals surface area contributed by atoms with E-state index in [1.54, 1.807) is 12.3 Å². The smallest absolute Gasteiger partial charge is 0.416 e. The molecule has 37 heavy (non-hydrogen) atoms. The van der Waals surface area contributed by atoms with E-state index in [1.165, 1.54) is 0 Å². The summed E-state index contributed by atoms with van der Waals surface area (Å²) in [5, 5.41) is 3.99. The van der Waals surface area contributed by atoms with Gasteiger partial charge in [0.15, 0.2) is 0 Å². The minimum atomic E-state index is -4.49. The predicted molar refractivity (Wildman–Crippen MR) is 140 cm³/mol. The number of aryl methyl sites for hydroxylation is 1. The van der Waals surface area contributed by atoms with Crippen LogP contribution in [0.5, 0.6) is 5.75 Å². The molecule has 0 bridgehead atoms. The van der Waals surface area contributed by atoms with Crippen LogP contribution in [0.25, 0.3) is 10.9 Å². The fourth-order valence-electron chi connectivity index (χ4n) is 4.52. The first-order valence-corrected chi connectivity index (χ1v) is 12.2. The molecule has 1 aliphatic rings. The molecule has 1 aliphatic heterocycles. The summed E-state index contributed by atoms with van der Waals surface area (Å²) in [4.78, 5) is 13.4. The summed E-state index contributed by atoms with van der Waals surface area (Å²) < 4.78 is 46.9. The molecule has 0 amide bonds. The molecule has 6 nitrogen and oxygen atoms in total. The van der Waals surface area contributed by atoms with Gasteiger partial charge >= 0.3 is 6.18 Å². The van der Waals surface area contributed by atoms with Gasteiger partial charge in [-0.3, -0.25) is 9.88 Å². The zero-order chi connectivity index (χ0) is 25.8. The maximum absolute atomic E-state index is 13.7. The second kappa shape index (κ2) is 10.6. The van der Waals surface area contributed by atoms with Gasteiger partial charge in [-0.05, 0) is 43.3 Å². The first-order valence-electron chi connectivity index (χ1n) is 12.2. The number of para-hydroxylation sites is 1. The van der Waals surface area contributed by atoms with E-state index in [1.807, 2.05) is 55.5 Å². The van der Waals surface area contributed by atoms with Gasteiger partial charge in [0.25, 0.3) is 0 Å². The van der Waals surface area contributed by atoms with Gasteiger partial charge in [0.2, 0.25) is 0 Å². The Morgan fingerprint density at radius 2 is 1.73 bits per heavy atom. The number of rotatable bonds is 7. The van der Waals surface area contributed by atoms with E-state index in [0.717, 1.165) is 60.7 Å². The van der Waals surface area contributed by atoms with Crippen LogP contribution < -0.4 is 15.0 Å². The Morgan fingerprint density at radius 1 is 0.946 bits per heavy atom. The van der Waals surface area contributed by atoms with Crippen molar-refractivity contribution in [3.63, 3.8) is 0 Å². The lowest BCUT2D eigenvalue weighted by Crippen LogP contribution is -2.47. The number of halogens is 3. The van der Waals surface area contributed by atoms with Gasteiger partial charge < -0.3 is 15.0 Å². The van der Waals surface area contributed by atoms with E-state index < -0.39 is 11.7 Å². The molecule has 9 heteroatoms. The maximum atomic E-state index is 13.7. The molecule has 2 aromatic heterocycles. The van der Waals surface area contributed by atoms with E-state index in [4.69, 9.17) is 4.74 Å². The first kappa shape index (κ1) is 24.8. The lowest BCUT2D eigenvalue weighted by molar-refractivity contribution is -0.137. The minimum absolute atomic E-state index is 0.180. The van der Waals surface area contributed by atoms with Crippen molar-refractivity contribution in [3.05, 3.63) is 84.2 Å². The number of piperazine rings is 1. The largest absolute Gasteiger partial charge is 0.492 e. The van der Waals surface area contributed by atoms with Crippen LogP contribution in [-0.2, 0) is 6.18 Å². The number of nitrogens with one attached hydrogen (secondary N) is 1. The highest BCUT2D eigenvalue weighted by atomic mass is 19.4. The molecule has 0 unspecified atom stereocenters. The van der Waals surface area contributed by atoms with E-state index in [2.05, 4.69) is 25.1 Å². The van der Waals surface area contributed by atoms with Crippen LogP contribution >= 0.6 is 0 Å². The third-order valence-corrected chi connectivity index (χ3v) is 6.38. The molecule has 1 saturated heterocycles. The molecule has 0 aliphatic carbocycles. The third-order valence-electron chi connectivity index (χ3n) is 6.38. The summed E-state index contributed by atoms with van der Waals surface area (Å²) in [6, 6.07) is 19.0. The molecule has 2 aromatic carbocycles. The van der Waals surface area contributed by atoms with Crippen molar-refractivity contribution in [2.24, 2.45) is 0 Å². The van der Waals surface area contributed by atoms with Crippen LogP contribution in [0, 0.1) is 6.92 Å². The number of hydrogen-bond donors (Lipinski definition) is 1. The molecule has 0 saturated carbocycles. The Balaban J connectivity index is 1.26. The van der Waals surface area contributed by atoms with Crippen molar-refractivity contribution in [2.75, 3.05) is 49.5 Å². The monoisotopic (exact) mass is 507 g/mol. The molecule has 0 atom stereocenters. The number of ether oxygens (including phenoxy) is 1. The number of hydrogen-bond acceptors (Lipinski definition) is 6. The van der Waals surface area contributed by atoms with Crippen LogP contribution in [0.2, 0.25) is 0 Å². The van der Waals surface area contributed by atoms with Crippen molar-refractivity contribution >= 4 is 28.1 Å². The van der Waals surface area contributed by atoms with Crippen LogP contribution in [0.1, 0.15) is 11.3 Å². The van der Waals surface area contributed by atoms with Crippen molar-refractivity contribution in [3.8, 4) is 5.75 Å².